The van der Waals surface area contributed by atoms with Crippen LogP contribution in [0.2, 0.25) is 0 Å². The number of hydrogen-bond donors (Lipinski definition) is 1. The van der Waals surface area contributed by atoms with Gasteiger partial charge in [0.1, 0.15) is 0 Å². The van der Waals surface area contributed by atoms with Crippen molar-refractivity contribution < 1.29 is 0 Å². The first-order valence-electron chi connectivity index (χ1n) is 6.62. The molecule has 18 heavy (non-hydrogen) atoms. The molecule has 0 saturated carbocycles. The summed E-state index contributed by atoms with van der Waals surface area (Å²) in [6, 6.07) is 6.49. The monoisotopic (exact) mass is 237 g/mol. The van der Waals surface area contributed by atoms with E-state index in [1.165, 1.54) is 28.9 Å². The summed E-state index contributed by atoms with van der Waals surface area (Å²) in [5.74, 6) is 0.880. The van der Waals surface area contributed by atoms with Crippen molar-refractivity contribution in [1.29, 1.82) is 0 Å². The molecule has 3 heteroatoms. The van der Waals surface area contributed by atoms with Gasteiger partial charge in [0, 0.05) is 29.7 Å². The molecule has 1 N–H and O–H groups in total. The van der Waals surface area contributed by atoms with E-state index in [1.807, 2.05) is 6.20 Å². The number of nitrogens with zero attached hydrogens (tertiary/aromatic N) is 2. The number of hydrogen-bond acceptors (Lipinski definition) is 3. The molecule has 2 aromatic rings. The highest BCUT2D eigenvalue weighted by atomic mass is 14.9. The highest BCUT2D eigenvalue weighted by molar-refractivity contribution is 5.65. The van der Waals surface area contributed by atoms with Crippen molar-refractivity contribution >= 4 is 5.69 Å². The van der Waals surface area contributed by atoms with Crippen molar-refractivity contribution in [3.63, 3.8) is 0 Å². The maximum Gasteiger partial charge on any atom is 0.159 e. The maximum atomic E-state index is 4.72. The fourth-order valence-electron chi connectivity index (χ4n) is 2.90. The molecule has 1 aliphatic carbocycles. The molecule has 0 fully saturated rings. The molecular weight excluding hydrogens is 222 g/mol. The number of aryl methyl sites for hydroxylation is 2. The van der Waals surface area contributed by atoms with E-state index in [1.54, 1.807) is 0 Å². The summed E-state index contributed by atoms with van der Waals surface area (Å²) < 4.78 is 0. The summed E-state index contributed by atoms with van der Waals surface area (Å²) in [6.45, 7) is 1.05. The lowest BCUT2D eigenvalue weighted by molar-refractivity contribution is 0.900. The van der Waals surface area contributed by atoms with Crippen LogP contribution in [-0.4, -0.2) is 16.5 Å². The van der Waals surface area contributed by atoms with Crippen molar-refractivity contribution in [2.75, 3.05) is 11.9 Å². The van der Waals surface area contributed by atoms with Crippen LogP contribution in [0.5, 0.6) is 0 Å². The molecule has 0 amide bonds. The molecule has 1 aliphatic heterocycles. The van der Waals surface area contributed by atoms with Crippen LogP contribution >= 0.6 is 0 Å². The first-order valence-corrected chi connectivity index (χ1v) is 6.62. The second-order valence-corrected chi connectivity index (χ2v) is 5.07. The zero-order chi connectivity index (χ0) is 11.9. The van der Waals surface area contributed by atoms with Gasteiger partial charge in [-0.3, -0.25) is 0 Å². The Morgan fingerprint density at radius 2 is 2.06 bits per heavy atom. The van der Waals surface area contributed by atoms with E-state index in [9.17, 15) is 0 Å². The molecule has 4 rings (SSSR count). The van der Waals surface area contributed by atoms with Crippen molar-refractivity contribution in [3.8, 4) is 11.4 Å². The number of fused-ring (bicyclic) bond motifs is 2. The first-order chi connectivity index (χ1) is 8.90. The Hall–Kier alpha value is -1.90. The maximum absolute atomic E-state index is 4.72. The molecule has 90 valence electrons. The zero-order valence-electron chi connectivity index (χ0n) is 10.2. The highest BCUT2D eigenvalue weighted by Crippen LogP contribution is 2.28. The Morgan fingerprint density at radius 3 is 3.06 bits per heavy atom. The molecule has 0 atom stereocenters. The van der Waals surface area contributed by atoms with Crippen molar-refractivity contribution in [2.45, 2.75) is 25.7 Å². The topological polar surface area (TPSA) is 37.8 Å². The standard InChI is InChI=1S/C15H15N3/c1-2-12-9-17-15(18-14(12)3-1)11-4-5-13-10(8-11)6-7-16-13/h4-5,8-9,16H,1-3,6-7H2. The van der Waals surface area contributed by atoms with E-state index in [0.717, 1.165) is 37.2 Å². The molecule has 0 bridgehead atoms. The predicted molar refractivity (Wildman–Crippen MR) is 71.7 cm³/mol. The summed E-state index contributed by atoms with van der Waals surface area (Å²) in [5, 5.41) is 3.38. The normalized spacial score (nSPS) is 16.2. The van der Waals surface area contributed by atoms with Crippen LogP contribution in [0.3, 0.4) is 0 Å². The summed E-state index contributed by atoms with van der Waals surface area (Å²) in [6.07, 6.45) is 6.59. The van der Waals surface area contributed by atoms with Crippen LogP contribution in [0.4, 0.5) is 5.69 Å². The van der Waals surface area contributed by atoms with Gasteiger partial charge in [0.2, 0.25) is 0 Å². The smallest absolute Gasteiger partial charge is 0.159 e. The minimum atomic E-state index is 0.880. The molecule has 0 saturated heterocycles. The van der Waals surface area contributed by atoms with Crippen LogP contribution in [-0.2, 0) is 19.3 Å². The lowest BCUT2D eigenvalue weighted by Crippen LogP contribution is -1.95. The first kappa shape index (κ1) is 10.1. The van der Waals surface area contributed by atoms with Crippen molar-refractivity contribution in [1.82, 2.24) is 9.97 Å². The summed E-state index contributed by atoms with van der Waals surface area (Å²) in [5.41, 5.74) is 6.38. The van der Waals surface area contributed by atoms with Gasteiger partial charge >= 0.3 is 0 Å². The molecule has 0 unspecified atom stereocenters. The van der Waals surface area contributed by atoms with E-state index in [-0.39, 0.29) is 0 Å². The zero-order valence-corrected chi connectivity index (χ0v) is 10.2. The summed E-state index contributed by atoms with van der Waals surface area (Å²) in [4.78, 5) is 9.23. The third kappa shape index (κ3) is 1.50. The van der Waals surface area contributed by atoms with E-state index < -0.39 is 0 Å². The minimum absolute atomic E-state index is 0.880. The Bertz CT molecular complexity index is 564. The number of aromatic nitrogens is 2. The van der Waals surface area contributed by atoms with E-state index in [2.05, 4.69) is 28.5 Å². The SMILES string of the molecule is c1cc2c(cc1-c1ncc3c(n1)CCC3)CCN2. The fraction of sp³-hybridized carbons (Fsp3) is 0.333. The summed E-state index contributed by atoms with van der Waals surface area (Å²) >= 11 is 0. The van der Waals surface area contributed by atoms with Crippen LogP contribution < -0.4 is 5.32 Å². The molecule has 1 aromatic carbocycles. The molecule has 0 radical (unpaired) electrons. The van der Waals surface area contributed by atoms with Crippen molar-refractivity contribution in [2.24, 2.45) is 0 Å². The third-order valence-electron chi connectivity index (χ3n) is 3.89. The molecule has 1 aromatic heterocycles. The Balaban J connectivity index is 1.78. The van der Waals surface area contributed by atoms with E-state index in [0.29, 0.717) is 0 Å². The second kappa shape index (κ2) is 3.80. The van der Waals surface area contributed by atoms with Gasteiger partial charge in [-0.05, 0) is 55.0 Å². The average Bonchev–Trinajstić information content (AvgIpc) is 3.05. The number of anilines is 1. The van der Waals surface area contributed by atoms with Crippen molar-refractivity contribution in [3.05, 3.63) is 41.2 Å². The Kier molecular flexibility index (Phi) is 2.13. The highest BCUT2D eigenvalue weighted by Gasteiger charge is 2.16. The number of rotatable bonds is 1. The predicted octanol–water partition coefficient (Wildman–Crippen LogP) is 2.60. The Morgan fingerprint density at radius 1 is 1.06 bits per heavy atom. The fourth-order valence-corrected chi connectivity index (χ4v) is 2.90. The number of nitrogens with one attached hydrogen (secondary N) is 1. The third-order valence-corrected chi connectivity index (χ3v) is 3.89. The van der Waals surface area contributed by atoms with E-state index in [4.69, 9.17) is 4.98 Å². The van der Waals surface area contributed by atoms with Gasteiger partial charge in [0.25, 0.3) is 0 Å². The lowest BCUT2D eigenvalue weighted by atomic mass is 10.1. The molecule has 3 nitrogen and oxygen atoms in total. The summed E-state index contributed by atoms with van der Waals surface area (Å²) in [7, 11) is 0. The van der Waals surface area contributed by atoms with Gasteiger partial charge in [-0.25, -0.2) is 9.97 Å². The second-order valence-electron chi connectivity index (χ2n) is 5.07. The van der Waals surface area contributed by atoms with Gasteiger partial charge in [0.15, 0.2) is 5.82 Å². The Labute approximate surface area is 106 Å². The van der Waals surface area contributed by atoms with Gasteiger partial charge in [-0.15, -0.1) is 0 Å². The lowest BCUT2D eigenvalue weighted by Gasteiger charge is -2.05. The molecule has 2 heterocycles. The minimum Gasteiger partial charge on any atom is -0.384 e. The van der Waals surface area contributed by atoms with Gasteiger partial charge < -0.3 is 5.32 Å². The van der Waals surface area contributed by atoms with Crippen LogP contribution in [0.1, 0.15) is 23.2 Å². The van der Waals surface area contributed by atoms with Gasteiger partial charge in [0.05, 0.1) is 0 Å². The molecule has 0 spiro atoms. The molecule has 2 aliphatic rings. The number of benzene rings is 1. The average molecular weight is 237 g/mol. The van der Waals surface area contributed by atoms with Crippen LogP contribution in [0.15, 0.2) is 24.4 Å². The van der Waals surface area contributed by atoms with E-state index >= 15 is 0 Å². The van der Waals surface area contributed by atoms with Crippen LogP contribution in [0, 0.1) is 0 Å². The molecular formula is C15H15N3. The van der Waals surface area contributed by atoms with Gasteiger partial charge in [-0.2, -0.15) is 0 Å². The largest absolute Gasteiger partial charge is 0.384 e. The quantitative estimate of drug-likeness (QED) is 0.828. The van der Waals surface area contributed by atoms with Gasteiger partial charge in [-0.1, -0.05) is 0 Å². The van der Waals surface area contributed by atoms with Crippen LogP contribution in [0.25, 0.3) is 11.4 Å².